The topological polar surface area (TPSA) is 46.6 Å². The second kappa shape index (κ2) is 9.13. The van der Waals surface area contributed by atoms with Crippen molar-refractivity contribution in [2.75, 3.05) is 18.6 Å². The molecule has 4 nitrogen and oxygen atoms in total. The minimum absolute atomic E-state index is 0.0764. The van der Waals surface area contributed by atoms with E-state index < -0.39 is 11.8 Å². The van der Waals surface area contributed by atoms with Gasteiger partial charge in [-0.15, -0.1) is 0 Å². The number of aldehydes is 1. The van der Waals surface area contributed by atoms with Crippen molar-refractivity contribution in [3.05, 3.63) is 64.5 Å². The fraction of sp³-hybridized carbons (Fsp3) is 0.333. The molecule has 26 heavy (non-hydrogen) atoms. The van der Waals surface area contributed by atoms with Gasteiger partial charge in [0.2, 0.25) is 0 Å². The highest BCUT2D eigenvalue weighted by atomic mass is 19.1. The van der Waals surface area contributed by atoms with Gasteiger partial charge < -0.3 is 9.64 Å². The first-order valence-corrected chi connectivity index (χ1v) is 8.83. The van der Waals surface area contributed by atoms with Gasteiger partial charge in [0.25, 0.3) is 0 Å². The molecule has 0 radical (unpaired) electrons. The molecule has 138 valence electrons. The zero-order valence-corrected chi connectivity index (χ0v) is 15.4. The van der Waals surface area contributed by atoms with Crippen molar-refractivity contribution >= 4 is 17.9 Å². The molecule has 0 atom stereocenters. The first-order chi connectivity index (χ1) is 12.7. The Morgan fingerprint density at radius 1 is 1.27 bits per heavy atom. The number of nitrogens with zero attached hydrogens (tertiary/aromatic N) is 1. The number of anilines is 1. The molecule has 1 aliphatic rings. The predicted octanol–water partition coefficient (Wildman–Crippen LogP) is 4.40. The van der Waals surface area contributed by atoms with Crippen molar-refractivity contribution in [3.63, 3.8) is 0 Å². The molecule has 0 bridgehead atoms. The molecule has 0 saturated carbocycles. The second-order valence-corrected chi connectivity index (χ2v) is 5.77. The molecule has 2 aromatic rings. The van der Waals surface area contributed by atoms with Gasteiger partial charge in [0.05, 0.1) is 18.4 Å². The Morgan fingerprint density at radius 3 is 2.58 bits per heavy atom. The first kappa shape index (κ1) is 19.6. The Hall–Kier alpha value is -2.69. The first-order valence-electron chi connectivity index (χ1n) is 8.83. The lowest BCUT2D eigenvalue weighted by atomic mass is 9.93. The van der Waals surface area contributed by atoms with Crippen LogP contribution < -0.4 is 4.90 Å². The summed E-state index contributed by atoms with van der Waals surface area (Å²) in [5, 5.41) is 0. The van der Waals surface area contributed by atoms with Gasteiger partial charge in [-0.3, -0.25) is 4.79 Å². The number of carbonyl (C=O) groups excluding carboxylic acids is 2. The molecular weight excluding hydrogens is 333 g/mol. The largest absolute Gasteiger partial charge is 0.465 e. The Kier molecular flexibility index (Phi) is 6.89. The average molecular weight is 357 g/mol. The lowest BCUT2D eigenvalue weighted by Crippen LogP contribution is -2.31. The van der Waals surface area contributed by atoms with Crippen LogP contribution in [0.25, 0.3) is 0 Å². The number of halogens is 1. The molecular formula is C21H24FNO3. The molecule has 0 N–H and O–H groups in total. The van der Waals surface area contributed by atoms with Crippen LogP contribution in [0.2, 0.25) is 0 Å². The number of fused-ring (bicyclic) bond motifs is 1. The lowest BCUT2D eigenvalue weighted by Gasteiger charge is -2.33. The molecule has 0 unspecified atom stereocenters. The Morgan fingerprint density at radius 2 is 1.96 bits per heavy atom. The molecule has 5 heteroatoms. The van der Waals surface area contributed by atoms with Gasteiger partial charge in [-0.25, -0.2) is 9.18 Å². The van der Waals surface area contributed by atoms with Crippen molar-refractivity contribution in [3.8, 4) is 0 Å². The van der Waals surface area contributed by atoms with Gasteiger partial charge in [0.1, 0.15) is 11.4 Å². The zero-order valence-electron chi connectivity index (χ0n) is 15.4. The number of aryl methyl sites for hydroxylation is 1. The normalized spacial score (nSPS) is 12.5. The number of ether oxygens (including phenoxy) is 1. The maximum atomic E-state index is 14.3. The standard InChI is InChI=1S/C19H18FNO3.C2H6/c1-24-19(23)17-15(12-22)18-14(10-16(17)20)8-5-9-21(18)11-13-6-3-2-4-7-13;1-2/h2-4,6-7,10,12H,5,8-9,11H2,1H3;1-2H3. The van der Waals surface area contributed by atoms with Crippen molar-refractivity contribution in [2.45, 2.75) is 33.2 Å². The monoisotopic (exact) mass is 357 g/mol. The van der Waals surface area contributed by atoms with E-state index in [-0.39, 0.29) is 11.1 Å². The van der Waals surface area contributed by atoms with Crippen LogP contribution in [0.3, 0.4) is 0 Å². The van der Waals surface area contributed by atoms with E-state index in [4.69, 9.17) is 0 Å². The molecule has 2 aromatic carbocycles. The van der Waals surface area contributed by atoms with Crippen LogP contribution in [0, 0.1) is 5.82 Å². The van der Waals surface area contributed by atoms with Crippen LogP contribution in [0.5, 0.6) is 0 Å². The number of hydrogen-bond donors (Lipinski definition) is 0. The van der Waals surface area contributed by atoms with E-state index in [1.165, 1.54) is 13.2 Å². The molecule has 1 aliphatic heterocycles. The Bertz CT molecular complexity index is 775. The van der Waals surface area contributed by atoms with Gasteiger partial charge in [-0.1, -0.05) is 44.2 Å². The molecule has 0 spiro atoms. The van der Waals surface area contributed by atoms with Crippen molar-refractivity contribution in [2.24, 2.45) is 0 Å². The molecule has 1 heterocycles. The third-order valence-corrected chi connectivity index (χ3v) is 4.28. The third kappa shape index (κ3) is 3.93. The summed E-state index contributed by atoms with van der Waals surface area (Å²) in [7, 11) is 1.18. The Balaban J connectivity index is 0.00000117. The fourth-order valence-corrected chi connectivity index (χ4v) is 3.24. The molecule has 0 fully saturated rings. The summed E-state index contributed by atoms with van der Waals surface area (Å²) in [5.41, 5.74) is 2.27. The van der Waals surface area contributed by atoms with E-state index in [1.807, 2.05) is 49.1 Å². The van der Waals surface area contributed by atoms with Crippen LogP contribution in [0.4, 0.5) is 10.1 Å². The van der Waals surface area contributed by atoms with Gasteiger partial charge in [0.15, 0.2) is 6.29 Å². The highest BCUT2D eigenvalue weighted by molar-refractivity contribution is 6.03. The van der Waals surface area contributed by atoms with Crippen molar-refractivity contribution < 1.29 is 18.7 Å². The number of methoxy groups -OCH3 is 1. The van der Waals surface area contributed by atoms with Crippen LogP contribution in [0.1, 0.15) is 52.1 Å². The highest BCUT2D eigenvalue weighted by Crippen LogP contribution is 2.35. The summed E-state index contributed by atoms with van der Waals surface area (Å²) in [4.78, 5) is 25.6. The van der Waals surface area contributed by atoms with Gasteiger partial charge in [-0.2, -0.15) is 0 Å². The third-order valence-electron chi connectivity index (χ3n) is 4.28. The number of hydrogen-bond acceptors (Lipinski definition) is 4. The summed E-state index contributed by atoms with van der Waals surface area (Å²) in [6, 6.07) is 11.2. The van der Waals surface area contributed by atoms with E-state index in [9.17, 15) is 14.0 Å². The molecule has 3 rings (SSSR count). The zero-order chi connectivity index (χ0) is 19.1. The summed E-state index contributed by atoms with van der Waals surface area (Å²) in [5.74, 6) is -1.54. The number of carbonyl (C=O) groups is 2. The summed E-state index contributed by atoms with van der Waals surface area (Å²) in [6.07, 6.45) is 2.10. The minimum Gasteiger partial charge on any atom is -0.465 e. The second-order valence-electron chi connectivity index (χ2n) is 5.77. The maximum Gasteiger partial charge on any atom is 0.341 e. The van der Waals surface area contributed by atoms with E-state index in [0.717, 1.165) is 24.1 Å². The van der Waals surface area contributed by atoms with Gasteiger partial charge in [-0.05, 0) is 30.0 Å². The smallest absolute Gasteiger partial charge is 0.341 e. The van der Waals surface area contributed by atoms with E-state index in [0.29, 0.717) is 24.9 Å². The quantitative estimate of drug-likeness (QED) is 0.601. The van der Waals surface area contributed by atoms with Crippen LogP contribution >= 0.6 is 0 Å². The fourth-order valence-electron chi connectivity index (χ4n) is 3.24. The van der Waals surface area contributed by atoms with Crippen LogP contribution in [-0.2, 0) is 17.7 Å². The maximum absolute atomic E-state index is 14.3. The van der Waals surface area contributed by atoms with E-state index >= 15 is 0 Å². The highest BCUT2D eigenvalue weighted by Gasteiger charge is 2.28. The van der Waals surface area contributed by atoms with Crippen LogP contribution in [0.15, 0.2) is 36.4 Å². The number of rotatable bonds is 4. The minimum atomic E-state index is -0.831. The summed E-state index contributed by atoms with van der Waals surface area (Å²) < 4.78 is 19.0. The van der Waals surface area contributed by atoms with E-state index in [2.05, 4.69) is 4.74 Å². The average Bonchev–Trinajstić information content (AvgIpc) is 2.68. The van der Waals surface area contributed by atoms with E-state index in [1.54, 1.807) is 0 Å². The Labute approximate surface area is 153 Å². The summed E-state index contributed by atoms with van der Waals surface area (Å²) >= 11 is 0. The molecule has 0 amide bonds. The molecule has 0 aromatic heterocycles. The SMILES string of the molecule is CC.COC(=O)c1c(F)cc2c(c1C=O)N(Cc1ccccc1)CCC2. The lowest BCUT2D eigenvalue weighted by molar-refractivity contribution is 0.0593. The van der Waals surface area contributed by atoms with Crippen molar-refractivity contribution in [1.82, 2.24) is 0 Å². The van der Waals surface area contributed by atoms with Crippen LogP contribution in [-0.4, -0.2) is 25.9 Å². The number of benzene rings is 2. The van der Waals surface area contributed by atoms with Gasteiger partial charge >= 0.3 is 5.97 Å². The van der Waals surface area contributed by atoms with Gasteiger partial charge in [0, 0.05) is 13.1 Å². The summed E-state index contributed by atoms with van der Waals surface area (Å²) in [6.45, 7) is 5.34. The number of esters is 1. The molecule has 0 aliphatic carbocycles. The van der Waals surface area contributed by atoms with Crippen molar-refractivity contribution in [1.29, 1.82) is 0 Å². The predicted molar refractivity (Wildman–Crippen MR) is 100 cm³/mol. The molecule has 0 saturated heterocycles.